The number of hydrogen-bond donors (Lipinski definition) is 1. The van der Waals surface area contributed by atoms with E-state index >= 15 is 0 Å². The van der Waals surface area contributed by atoms with Crippen LogP contribution in [0.3, 0.4) is 0 Å². The quantitative estimate of drug-likeness (QED) is 0.869. The van der Waals surface area contributed by atoms with Crippen LogP contribution >= 0.6 is 11.8 Å². The molecule has 1 heterocycles. The number of aryl methyl sites for hydroxylation is 2. The maximum absolute atomic E-state index is 3.72. The van der Waals surface area contributed by atoms with E-state index in [9.17, 15) is 0 Å². The fraction of sp³-hybridized carbons (Fsp3) is 0.600. The molecule has 0 saturated heterocycles. The van der Waals surface area contributed by atoms with Crippen LogP contribution in [0.5, 0.6) is 0 Å². The molecule has 0 spiro atoms. The molecular weight excluding hydrogens is 226 g/mol. The third-order valence-corrected chi connectivity index (χ3v) is 4.79. The minimum absolute atomic E-state index is 0.532. The van der Waals surface area contributed by atoms with Gasteiger partial charge in [0.05, 0.1) is 0 Å². The number of fused-ring (bicyclic) bond motifs is 1. The van der Waals surface area contributed by atoms with Gasteiger partial charge in [0.1, 0.15) is 0 Å². The molecule has 1 aliphatic heterocycles. The van der Waals surface area contributed by atoms with Crippen LogP contribution in [0.1, 0.15) is 48.6 Å². The second-order valence-corrected chi connectivity index (χ2v) is 6.47. The molecular formula is C15H23NS. The number of nitrogens with one attached hydrogen (secondary N) is 1. The lowest BCUT2D eigenvalue weighted by Crippen LogP contribution is -2.33. The first kappa shape index (κ1) is 13.0. The standard InChI is InChI=1S/C15H23NS/c1-5-6-16-15-12(4)17-9-13-8-10(2)7-11(3)14(13)15/h7-8,12,15-16H,5-6,9H2,1-4H3. The van der Waals surface area contributed by atoms with Crippen LogP contribution < -0.4 is 5.32 Å². The summed E-state index contributed by atoms with van der Waals surface area (Å²) in [6.45, 7) is 10.2. The molecule has 17 heavy (non-hydrogen) atoms. The van der Waals surface area contributed by atoms with Gasteiger partial charge in [-0.25, -0.2) is 0 Å². The molecule has 94 valence electrons. The Morgan fingerprint density at radius 2 is 2.12 bits per heavy atom. The van der Waals surface area contributed by atoms with E-state index in [1.807, 2.05) is 0 Å². The van der Waals surface area contributed by atoms with Gasteiger partial charge in [-0.05, 0) is 43.5 Å². The van der Waals surface area contributed by atoms with E-state index in [-0.39, 0.29) is 0 Å². The Morgan fingerprint density at radius 3 is 2.82 bits per heavy atom. The van der Waals surface area contributed by atoms with E-state index in [4.69, 9.17) is 0 Å². The molecule has 1 aromatic rings. The molecule has 2 unspecified atom stereocenters. The summed E-state index contributed by atoms with van der Waals surface area (Å²) in [5.74, 6) is 1.17. The van der Waals surface area contributed by atoms with E-state index in [0.29, 0.717) is 11.3 Å². The molecule has 0 bridgehead atoms. The summed E-state index contributed by atoms with van der Waals surface area (Å²) in [5.41, 5.74) is 5.96. The molecule has 1 N–H and O–H groups in total. The highest BCUT2D eigenvalue weighted by atomic mass is 32.2. The first-order valence-corrected chi connectivity index (χ1v) is 7.63. The molecule has 0 fully saturated rings. The summed E-state index contributed by atoms with van der Waals surface area (Å²) in [5, 5.41) is 4.39. The maximum Gasteiger partial charge on any atom is 0.0443 e. The number of hydrogen-bond acceptors (Lipinski definition) is 2. The van der Waals surface area contributed by atoms with Crippen molar-refractivity contribution in [1.82, 2.24) is 5.32 Å². The van der Waals surface area contributed by atoms with Crippen molar-refractivity contribution >= 4 is 11.8 Å². The minimum atomic E-state index is 0.532. The molecule has 2 atom stereocenters. The Bertz CT molecular complexity index is 400. The summed E-state index contributed by atoms with van der Waals surface area (Å²) in [7, 11) is 0. The second kappa shape index (κ2) is 5.45. The van der Waals surface area contributed by atoms with Crippen LogP contribution in [0.25, 0.3) is 0 Å². The summed E-state index contributed by atoms with van der Waals surface area (Å²) in [4.78, 5) is 0. The van der Waals surface area contributed by atoms with Gasteiger partial charge in [-0.2, -0.15) is 11.8 Å². The van der Waals surface area contributed by atoms with E-state index < -0.39 is 0 Å². The zero-order valence-corrected chi connectivity index (χ0v) is 12.2. The predicted octanol–water partition coefficient (Wildman–Crippen LogP) is 3.98. The molecule has 0 aromatic heterocycles. The van der Waals surface area contributed by atoms with E-state index in [2.05, 4.69) is 56.9 Å². The van der Waals surface area contributed by atoms with Crippen LogP contribution in [-0.4, -0.2) is 11.8 Å². The van der Waals surface area contributed by atoms with Crippen molar-refractivity contribution in [2.24, 2.45) is 0 Å². The molecule has 0 amide bonds. The van der Waals surface area contributed by atoms with Crippen molar-refractivity contribution < 1.29 is 0 Å². The highest BCUT2D eigenvalue weighted by Crippen LogP contribution is 2.39. The second-order valence-electron chi connectivity index (χ2n) is 5.10. The molecule has 1 nitrogen and oxygen atoms in total. The van der Waals surface area contributed by atoms with E-state index in [1.54, 1.807) is 11.1 Å². The molecule has 0 saturated carbocycles. The largest absolute Gasteiger partial charge is 0.309 e. The van der Waals surface area contributed by atoms with Crippen molar-refractivity contribution in [3.8, 4) is 0 Å². The lowest BCUT2D eigenvalue weighted by molar-refractivity contribution is 0.518. The highest BCUT2D eigenvalue weighted by molar-refractivity contribution is 7.99. The van der Waals surface area contributed by atoms with Gasteiger partial charge in [-0.15, -0.1) is 0 Å². The van der Waals surface area contributed by atoms with E-state index in [1.165, 1.54) is 23.3 Å². The zero-order valence-electron chi connectivity index (χ0n) is 11.3. The smallest absolute Gasteiger partial charge is 0.0443 e. The third-order valence-electron chi connectivity index (χ3n) is 3.51. The minimum Gasteiger partial charge on any atom is -0.309 e. The SMILES string of the molecule is CCCNC1c2c(C)cc(C)cc2CSC1C. The Kier molecular flexibility index (Phi) is 4.16. The summed E-state index contributed by atoms with van der Waals surface area (Å²) in [6, 6.07) is 5.22. The number of thioether (sulfide) groups is 1. The summed E-state index contributed by atoms with van der Waals surface area (Å²) < 4.78 is 0. The van der Waals surface area contributed by atoms with Gasteiger partial charge < -0.3 is 5.32 Å². The Morgan fingerprint density at radius 1 is 1.35 bits per heavy atom. The van der Waals surface area contributed by atoms with Gasteiger partial charge >= 0.3 is 0 Å². The van der Waals surface area contributed by atoms with Gasteiger partial charge in [-0.3, -0.25) is 0 Å². The van der Waals surface area contributed by atoms with E-state index in [0.717, 1.165) is 6.54 Å². The normalized spacial score (nSPS) is 23.5. The highest BCUT2D eigenvalue weighted by Gasteiger charge is 2.27. The average molecular weight is 249 g/mol. The summed E-state index contributed by atoms with van der Waals surface area (Å²) in [6.07, 6.45) is 1.20. The number of rotatable bonds is 3. The topological polar surface area (TPSA) is 12.0 Å². The van der Waals surface area contributed by atoms with Crippen molar-refractivity contribution in [1.29, 1.82) is 0 Å². The van der Waals surface area contributed by atoms with Gasteiger partial charge in [0.25, 0.3) is 0 Å². The van der Waals surface area contributed by atoms with Crippen LogP contribution in [0.2, 0.25) is 0 Å². The third kappa shape index (κ3) is 2.69. The first-order valence-electron chi connectivity index (χ1n) is 6.58. The molecule has 2 rings (SSSR count). The van der Waals surface area contributed by atoms with Crippen LogP contribution in [0.15, 0.2) is 12.1 Å². The van der Waals surface area contributed by atoms with Crippen molar-refractivity contribution in [3.05, 3.63) is 34.4 Å². The maximum atomic E-state index is 3.72. The summed E-state index contributed by atoms with van der Waals surface area (Å²) >= 11 is 2.07. The molecule has 1 aliphatic rings. The molecule has 1 aromatic carbocycles. The molecule has 0 radical (unpaired) electrons. The molecule has 0 aliphatic carbocycles. The van der Waals surface area contributed by atoms with Gasteiger partial charge in [0, 0.05) is 17.0 Å². The lowest BCUT2D eigenvalue weighted by atomic mass is 9.92. The van der Waals surface area contributed by atoms with Crippen LogP contribution in [-0.2, 0) is 5.75 Å². The Labute approximate surface area is 109 Å². The van der Waals surface area contributed by atoms with Crippen molar-refractivity contribution in [2.75, 3.05) is 6.54 Å². The van der Waals surface area contributed by atoms with Crippen molar-refractivity contribution in [3.63, 3.8) is 0 Å². The van der Waals surface area contributed by atoms with Gasteiger partial charge in [0.2, 0.25) is 0 Å². The fourth-order valence-corrected chi connectivity index (χ4v) is 3.86. The van der Waals surface area contributed by atoms with Gasteiger partial charge in [0.15, 0.2) is 0 Å². The Hall–Kier alpha value is -0.470. The van der Waals surface area contributed by atoms with Gasteiger partial charge in [-0.1, -0.05) is 31.5 Å². The fourth-order valence-electron chi connectivity index (χ4n) is 2.75. The lowest BCUT2D eigenvalue weighted by Gasteiger charge is -2.33. The van der Waals surface area contributed by atoms with Crippen molar-refractivity contribution in [2.45, 2.75) is 51.2 Å². The Balaban J connectivity index is 2.36. The number of benzene rings is 1. The first-order chi connectivity index (χ1) is 8.13. The predicted molar refractivity (Wildman–Crippen MR) is 77.7 cm³/mol. The molecule has 2 heteroatoms. The van der Waals surface area contributed by atoms with Crippen LogP contribution in [0.4, 0.5) is 0 Å². The average Bonchev–Trinajstić information content (AvgIpc) is 2.28. The zero-order chi connectivity index (χ0) is 12.4. The van der Waals surface area contributed by atoms with Crippen LogP contribution in [0, 0.1) is 13.8 Å². The monoisotopic (exact) mass is 249 g/mol.